The lowest BCUT2D eigenvalue weighted by molar-refractivity contribution is -0.116. The zero-order valence-electron chi connectivity index (χ0n) is 12.5. The highest BCUT2D eigenvalue weighted by Crippen LogP contribution is 2.42. The lowest BCUT2D eigenvalue weighted by atomic mass is 9.83. The molecule has 2 aromatic carbocycles. The largest absolute Gasteiger partial charge is 0.508 e. The molecule has 1 amide bonds. The Morgan fingerprint density at radius 1 is 1.26 bits per heavy atom. The molecular formula is C17H15N3O3. The van der Waals surface area contributed by atoms with Gasteiger partial charge in [0, 0.05) is 29.0 Å². The molecule has 1 aliphatic rings. The van der Waals surface area contributed by atoms with E-state index in [1.54, 1.807) is 31.5 Å². The van der Waals surface area contributed by atoms with E-state index in [2.05, 4.69) is 15.5 Å². The van der Waals surface area contributed by atoms with Crippen molar-refractivity contribution in [2.75, 3.05) is 12.4 Å². The van der Waals surface area contributed by atoms with Crippen LogP contribution in [0.15, 0.2) is 36.5 Å². The van der Waals surface area contributed by atoms with Crippen LogP contribution in [0.4, 0.5) is 5.69 Å². The number of aromatic nitrogens is 2. The first-order valence-electron chi connectivity index (χ1n) is 7.29. The van der Waals surface area contributed by atoms with E-state index in [4.69, 9.17) is 4.74 Å². The number of anilines is 1. The number of nitrogens with one attached hydrogen (secondary N) is 2. The Balaban J connectivity index is 1.91. The monoisotopic (exact) mass is 309 g/mol. The Morgan fingerprint density at radius 2 is 2.13 bits per heavy atom. The van der Waals surface area contributed by atoms with E-state index in [1.165, 1.54) is 0 Å². The van der Waals surface area contributed by atoms with Gasteiger partial charge < -0.3 is 15.2 Å². The Bertz CT molecular complexity index is 917. The highest BCUT2D eigenvalue weighted by atomic mass is 16.5. The Hall–Kier alpha value is -3.02. The number of nitrogens with zero attached hydrogens (tertiary/aromatic N) is 1. The van der Waals surface area contributed by atoms with Gasteiger partial charge in [0.05, 0.1) is 18.8 Å². The van der Waals surface area contributed by atoms with Crippen LogP contribution in [0.3, 0.4) is 0 Å². The average molecular weight is 309 g/mol. The van der Waals surface area contributed by atoms with Gasteiger partial charge in [-0.25, -0.2) is 0 Å². The fourth-order valence-electron chi connectivity index (χ4n) is 3.12. The van der Waals surface area contributed by atoms with E-state index in [0.717, 1.165) is 22.2 Å². The van der Waals surface area contributed by atoms with E-state index >= 15 is 0 Å². The van der Waals surface area contributed by atoms with Crippen molar-refractivity contribution in [3.05, 3.63) is 47.7 Å². The van der Waals surface area contributed by atoms with E-state index in [0.29, 0.717) is 11.3 Å². The van der Waals surface area contributed by atoms with Crippen LogP contribution in [0.25, 0.3) is 10.9 Å². The van der Waals surface area contributed by atoms with Crippen molar-refractivity contribution in [2.24, 2.45) is 0 Å². The normalized spacial score (nSPS) is 16.9. The molecule has 3 aromatic rings. The first-order valence-corrected chi connectivity index (χ1v) is 7.29. The third kappa shape index (κ3) is 2.19. The number of amides is 1. The fourth-order valence-corrected chi connectivity index (χ4v) is 3.12. The van der Waals surface area contributed by atoms with Gasteiger partial charge in [0.1, 0.15) is 11.5 Å². The Kier molecular flexibility index (Phi) is 2.97. The Morgan fingerprint density at radius 3 is 2.96 bits per heavy atom. The van der Waals surface area contributed by atoms with Gasteiger partial charge in [0.25, 0.3) is 0 Å². The van der Waals surface area contributed by atoms with Crippen LogP contribution in [0.1, 0.15) is 23.5 Å². The molecular weight excluding hydrogens is 294 g/mol. The number of carbonyl (C=O) groups is 1. The molecule has 1 aromatic heterocycles. The summed E-state index contributed by atoms with van der Waals surface area (Å²) in [6, 6.07) is 8.94. The molecule has 0 unspecified atom stereocenters. The van der Waals surface area contributed by atoms with Crippen LogP contribution in [0, 0.1) is 0 Å². The topological polar surface area (TPSA) is 87.2 Å². The van der Waals surface area contributed by atoms with Crippen LogP contribution >= 0.6 is 0 Å². The molecule has 0 bridgehead atoms. The van der Waals surface area contributed by atoms with Crippen LogP contribution in [0.5, 0.6) is 11.5 Å². The summed E-state index contributed by atoms with van der Waals surface area (Å²) in [5, 5.41) is 21.0. The molecule has 0 fully saturated rings. The molecule has 6 nitrogen and oxygen atoms in total. The van der Waals surface area contributed by atoms with E-state index in [9.17, 15) is 9.90 Å². The summed E-state index contributed by atoms with van der Waals surface area (Å²) in [5.74, 6) is 0.496. The number of methoxy groups -OCH3 is 1. The smallest absolute Gasteiger partial charge is 0.225 e. The molecule has 3 N–H and O–H groups in total. The number of benzene rings is 2. The minimum atomic E-state index is -0.229. The second-order valence-electron chi connectivity index (χ2n) is 5.63. The molecule has 1 atom stereocenters. The highest BCUT2D eigenvalue weighted by molar-refractivity contribution is 5.98. The number of ether oxygens (including phenoxy) is 1. The van der Waals surface area contributed by atoms with Crippen molar-refractivity contribution >= 4 is 22.5 Å². The van der Waals surface area contributed by atoms with Crippen LogP contribution in [-0.2, 0) is 4.79 Å². The first kappa shape index (κ1) is 13.6. The molecule has 0 saturated heterocycles. The number of phenolic OH excluding ortho intramolecular Hbond substituents is 1. The number of phenols is 1. The molecule has 0 saturated carbocycles. The molecule has 6 heteroatoms. The van der Waals surface area contributed by atoms with Crippen molar-refractivity contribution < 1.29 is 14.6 Å². The lowest BCUT2D eigenvalue weighted by Crippen LogP contribution is -2.23. The van der Waals surface area contributed by atoms with Crippen LogP contribution < -0.4 is 10.1 Å². The lowest BCUT2D eigenvalue weighted by Gasteiger charge is -2.27. The van der Waals surface area contributed by atoms with Gasteiger partial charge in [-0.05, 0) is 35.9 Å². The quantitative estimate of drug-likeness (QED) is 0.679. The molecule has 0 radical (unpaired) electrons. The summed E-state index contributed by atoms with van der Waals surface area (Å²) in [6.07, 6.45) is 2.02. The number of fused-ring (bicyclic) bond motifs is 2. The van der Waals surface area contributed by atoms with Crippen LogP contribution in [-0.4, -0.2) is 28.3 Å². The van der Waals surface area contributed by atoms with Crippen molar-refractivity contribution in [1.29, 1.82) is 0 Å². The summed E-state index contributed by atoms with van der Waals surface area (Å²) in [4.78, 5) is 12.1. The highest BCUT2D eigenvalue weighted by Gasteiger charge is 2.29. The number of carbonyl (C=O) groups excluding carboxylic acids is 1. The third-order valence-corrected chi connectivity index (χ3v) is 4.26. The molecule has 1 aliphatic heterocycles. The number of hydrogen-bond acceptors (Lipinski definition) is 4. The van der Waals surface area contributed by atoms with Crippen molar-refractivity contribution in [3.63, 3.8) is 0 Å². The maximum Gasteiger partial charge on any atom is 0.225 e. The van der Waals surface area contributed by atoms with Crippen molar-refractivity contribution in [3.8, 4) is 11.5 Å². The predicted molar refractivity (Wildman–Crippen MR) is 85.8 cm³/mol. The van der Waals surface area contributed by atoms with Gasteiger partial charge in [-0.15, -0.1) is 0 Å². The summed E-state index contributed by atoms with van der Waals surface area (Å²) < 4.78 is 5.25. The van der Waals surface area contributed by atoms with Crippen molar-refractivity contribution in [1.82, 2.24) is 10.2 Å². The molecule has 23 heavy (non-hydrogen) atoms. The first-order chi connectivity index (χ1) is 11.2. The van der Waals surface area contributed by atoms with Gasteiger partial charge in [0.2, 0.25) is 5.91 Å². The average Bonchev–Trinajstić information content (AvgIpc) is 3.00. The number of aromatic amines is 1. The van der Waals surface area contributed by atoms with Gasteiger partial charge in [-0.2, -0.15) is 5.10 Å². The SMILES string of the molecule is COc1ccc(O)c([C@H]2CC(=O)Nc3cc4[nH]ncc4cc32)c1. The van der Waals surface area contributed by atoms with E-state index < -0.39 is 0 Å². The van der Waals surface area contributed by atoms with Gasteiger partial charge in [-0.1, -0.05) is 0 Å². The molecule has 0 spiro atoms. The fraction of sp³-hybridized carbons (Fsp3) is 0.176. The zero-order valence-corrected chi connectivity index (χ0v) is 12.5. The van der Waals surface area contributed by atoms with Gasteiger partial charge in [-0.3, -0.25) is 9.89 Å². The molecule has 4 rings (SSSR count). The number of H-pyrrole nitrogens is 1. The van der Waals surface area contributed by atoms with Gasteiger partial charge in [0.15, 0.2) is 0 Å². The van der Waals surface area contributed by atoms with E-state index in [1.807, 2.05) is 12.1 Å². The second kappa shape index (κ2) is 5.01. The summed E-state index contributed by atoms with van der Waals surface area (Å²) in [6.45, 7) is 0. The summed E-state index contributed by atoms with van der Waals surface area (Å²) in [7, 11) is 1.58. The van der Waals surface area contributed by atoms with E-state index in [-0.39, 0.29) is 24.0 Å². The third-order valence-electron chi connectivity index (χ3n) is 4.26. The predicted octanol–water partition coefficient (Wildman–Crippen LogP) is 2.75. The maximum absolute atomic E-state index is 12.1. The number of rotatable bonds is 2. The molecule has 2 heterocycles. The van der Waals surface area contributed by atoms with Crippen molar-refractivity contribution in [2.45, 2.75) is 12.3 Å². The summed E-state index contributed by atoms with van der Waals surface area (Å²) in [5.41, 5.74) is 3.25. The minimum absolute atomic E-state index is 0.0800. The standard InChI is InChI=1S/C17H15N3O3/c1-23-10-2-3-16(21)13(5-10)11-6-17(22)19-15-7-14-9(4-12(11)15)8-18-20-14/h2-5,7-8,11,21H,6H2,1H3,(H,18,20)(H,19,22)/t11-/m0/s1. The zero-order chi connectivity index (χ0) is 16.0. The molecule has 0 aliphatic carbocycles. The molecule has 116 valence electrons. The Labute approximate surface area is 132 Å². The number of aromatic hydroxyl groups is 1. The minimum Gasteiger partial charge on any atom is -0.508 e. The van der Waals surface area contributed by atoms with Gasteiger partial charge >= 0.3 is 0 Å². The second-order valence-corrected chi connectivity index (χ2v) is 5.63. The number of hydrogen-bond donors (Lipinski definition) is 3. The maximum atomic E-state index is 12.1. The van der Waals surface area contributed by atoms with Crippen LogP contribution in [0.2, 0.25) is 0 Å². The summed E-state index contributed by atoms with van der Waals surface area (Å²) >= 11 is 0.